The van der Waals surface area contributed by atoms with Crippen molar-refractivity contribution in [1.29, 1.82) is 0 Å². The molecule has 2 heterocycles. The van der Waals surface area contributed by atoms with E-state index in [9.17, 15) is 0 Å². The summed E-state index contributed by atoms with van der Waals surface area (Å²) in [6, 6.07) is 1.40. The van der Waals surface area contributed by atoms with Gasteiger partial charge < -0.3 is 0 Å². The third-order valence-electron chi connectivity index (χ3n) is 2.94. The van der Waals surface area contributed by atoms with Crippen LogP contribution in [0.4, 0.5) is 0 Å². The molecule has 0 saturated carbocycles. The molecule has 4 heteroatoms. The van der Waals surface area contributed by atoms with E-state index in [0.29, 0.717) is 12.1 Å². The van der Waals surface area contributed by atoms with Crippen molar-refractivity contribution in [2.24, 2.45) is 7.05 Å². The lowest BCUT2D eigenvalue weighted by Gasteiger charge is -2.45. The van der Waals surface area contributed by atoms with Gasteiger partial charge in [-0.25, -0.2) is 4.98 Å². The van der Waals surface area contributed by atoms with Crippen LogP contribution < -0.4 is 0 Å². The van der Waals surface area contributed by atoms with Crippen molar-refractivity contribution in [3.63, 3.8) is 0 Å². The Bertz CT molecular complexity index is 286. The highest BCUT2D eigenvalue weighted by Gasteiger charge is 2.32. The molecule has 0 radical (unpaired) electrons. The summed E-state index contributed by atoms with van der Waals surface area (Å²) < 4.78 is 1.84. The Morgan fingerprint density at radius 3 is 2.62 bits per heavy atom. The smallest absolute Gasteiger partial charge is 0.140 e. The number of aryl methyl sites for hydroxylation is 1. The van der Waals surface area contributed by atoms with E-state index in [-0.39, 0.29) is 0 Å². The van der Waals surface area contributed by atoms with Crippen LogP contribution in [0.5, 0.6) is 0 Å². The average molecular weight is 180 g/mol. The van der Waals surface area contributed by atoms with Crippen LogP contribution in [0.25, 0.3) is 0 Å². The van der Waals surface area contributed by atoms with E-state index in [4.69, 9.17) is 0 Å². The lowest BCUT2D eigenvalue weighted by Crippen LogP contribution is -2.52. The highest BCUT2D eigenvalue weighted by atomic mass is 15.3. The Morgan fingerprint density at radius 1 is 1.46 bits per heavy atom. The maximum atomic E-state index is 4.22. The maximum Gasteiger partial charge on any atom is 0.140 e. The van der Waals surface area contributed by atoms with E-state index in [2.05, 4.69) is 28.8 Å². The van der Waals surface area contributed by atoms with Gasteiger partial charge in [-0.15, -0.1) is 0 Å². The van der Waals surface area contributed by atoms with Gasteiger partial charge in [-0.2, -0.15) is 5.10 Å². The Labute approximate surface area is 78.6 Å². The van der Waals surface area contributed by atoms with Gasteiger partial charge in [0.05, 0.1) is 6.54 Å². The fourth-order valence-electron chi connectivity index (χ4n) is 2.00. The van der Waals surface area contributed by atoms with Crippen molar-refractivity contribution in [2.75, 3.05) is 0 Å². The molecule has 1 aromatic heterocycles. The Balaban J connectivity index is 2.02. The largest absolute Gasteiger partial charge is 0.290 e. The second-order valence-electron chi connectivity index (χ2n) is 3.91. The van der Waals surface area contributed by atoms with Gasteiger partial charge in [-0.1, -0.05) is 0 Å². The molecule has 2 rings (SSSR count). The summed E-state index contributed by atoms with van der Waals surface area (Å²) in [6.07, 6.45) is 2.92. The molecule has 0 spiro atoms. The molecule has 1 aliphatic heterocycles. The van der Waals surface area contributed by atoms with Gasteiger partial charge in [-0.05, 0) is 20.3 Å². The van der Waals surface area contributed by atoms with Gasteiger partial charge >= 0.3 is 0 Å². The zero-order chi connectivity index (χ0) is 9.42. The van der Waals surface area contributed by atoms with Crippen LogP contribution in [0.15, 0.2) is 6.33 Å². The van der Waals surface area contributed by atoms with E-state index in [1.165, 1.54) is 6.42 Å². The van der Waals surface area contributed by atoms with E-state index in [0.717, 1.165) is 12.4 Å². The minimum atomic E-state index is 0.701. The summed E-state index contributed by atoms with van der Waals surface area (Å²) in [5.41, 5.74) is 0. The predicted molar refractivity (Wildman–Crippen MR) is 50.1 cm³/mol. The van der Waals surface area contributed by atoms with Gasteiger partial charge in [0.1, 0.15) is 12.2 Å². The molecule has 1 fully saturated rings. The molecule has 0 aromatic carbocycles. The normalized spacial score (nSPS) is 28.8. The predicted octanol–water partition coefficient (Wildman–Crippen LogP) is 0.798. The molecule has 0 bridgehead atoms. The lowest BCUT2D eigenvalue weighted by atomic mass is 9.96. The van der Waals surface area contributed by atoms with Crippen molar-refractivity contribution in [2.45, 2.75) is 38.9 Å². The minimum absolute atomic E-state index is 0.701. The standard InChI is InChI=1S/C9H16N4/c1-7-4-8(2)13(7)5-9-10-6-11-12(9)3/h6-8H,4-5H2,1-3H3. The van der Waals surface area contributed by atoms with E-state index < -0.39 is 0 Å². The molecule has 1 aliphatic rings. The van der Waals surface area contributed by atoms with Gasteiger partial charge in [-0.3, -0.25) is 9.58 Å². The number of hydrogen-bond acceptors (Lipinski definition) is 3. The van der Waals surface area contributed by atoms with Crippen LogP contribution >= 0.6 is 0 Å². The number of likely N-dealkylation sites (tertiary alicyclic amines) is 1. The molecule has 1 saturated heterocycles. The number of nitrogens with zero attached hydrogens (tertiary/aromatic N) is 4. The van der Waals surface area contributed by atoms with Crippen LogP contribution in [0.2, 0.25) is 0 Å². The van der Waals surface area contributed by atoms with Crippen LogP contribution in [-0.2, 0) is 13.6 Å². The van der Waals surface area contributed by atoms with Crippen LogP contribution in [0.1, 0.15) is 26.1 Å². The molecule has 0 aliphatic carbocycles. The third kappa shape index (κ3) is 1.46. The number of aromatic nitrogens is 3. The minimum Gasteiger partial charge on any atom is -0.290 e. The zero-order valence-electron chi connectivity index (χ0n) is 8.44. The van der Waals surface area contributed by atoms with Crippen molar-refractivity contribution in [3.05, 3.63) is 12.2 Å². The van der Waals surface area contributed by atoms with Crippen LogP contribution in [-0.4, -0.2) is 31.7 Å². The molecule has 2 atom stereocenters. The van der Waals surface area contributed by atoms with E-state index >= 15 is 0 Å². The summed E-state index contributed by atoms with van der Waals surface area (Å²) in [4.78, 5) is 6.67. The topological polar surface area (TPSA) is 34.0 Å². The quantitative estimate of drug-likeness (QED) is 0.675. The molecule has 72 valence electrons. The van der Waals surface area contributed by atoms with Crippen molar-refractivity contribution >= 4 is 0 Å². The van der Waals surface area contributed by atoms with Crippen molar-refractivity contribution in [3.8, 4) is 0 Å². The second kappa shape index (κ2) is 3.10. The van der Waals surface area contributed by atoms with Crippen molar-refractivity contribution in [1.82, 2.24) is 19.7 Å². The monoisotopic (exact) mass is 180 g/mol. The molecular formula is C9H16N4. The second-order valence-corrected chi connectivity index (χ2v) is 3.91. The van der Waals surface area contributed by atoms with Gasteiger partial charge in [0.25, 0.3) is 0 Å². The third-order valence-corrected chi connectivity index (χ3v) is 2.94. The molecular weight excluding hydrogens is 164 g/mol. The molecule has 0 amide bonds. The first-order chi connectivity index (χ1) is 6.18. The molecule has 1 aromatic rings. The Kier molecular flexibility index (Phi) is 2.07. The lowest BCUT2D eigenvalue weighted by molar-refractivity contribution is 0.0260. The fraction of sp³-hybridized carbons (Fsp3) is 0.778. The summed E-state index contributed by atoms with van der Waals surface area (Å²) in [6.45, 7) is 5.45. The van der Waals surface area contributed by atoms with Gasteiger partial charge in [0.15, 0.2) is 0 Å². The van der Waals surface area contributed by atoms with Crippen molar-refractivity contribution < 1.29 is 0 Å². The summed E-state index contributed by atoms with van der Waals surface area (Å²) in [7, 11) is 1.94. The van der Waals surface area contributed by atoms with Gasteiger partial charge in [0.2, 0.25) is 0 Å². The number of hydrogen-bond donors (Lipinski definition) is 0. The molecule has 4 nitrogen and oxygen atoms in total. The fourth-order valence-corrected chi connectivity index (χ4v) is 2.00. The van der Waals surface area contributed by atoms with E-state index in [1.54, 1.807) is 6.33 Å². The number of rotatable bonds is 2. The van der Waals surface area contributed by atoms with Crippen LogP contribution in [0.3, 0.4) is 0 Å². The first kappa shape index (κ1) is 8.69. The van der Waals surface area contributed by atoms with Gasteiger partial charge in [0, 0.05) is 19.1 Å². The average Bonchev–Trinajstić information content (AvgIpc) is 2.48. The SMILES string of the molecule is CC1CC(C)N1Cc1ncnn1C. The molecule has 0 N–H and O–H groups in total. The Morgan fingerprint density at radius 2 is 2.15 bits per heavy atom. The zero-order valence-corrected chi connectivity index (χ0v) is 8.44. The summed E-state index contributed by atoms with van der Waals surface area (Å²) in [5.74, 6) is 1.05. The highest BCUT2D eigenvalue weighted by molar-refractivity contribution is 4.92. The maximum absolute atomic E-state index is 4.22. The summed E-state index contributed by atoms with van der Waals surface area (Å²) >= 11 is 0. The van der Waals surface area contributed by atoms with E-state index in [1.807, 2.05) is 11.7 Å². The molecule has 13 heavy (non-hydrogen) atoms. The van der Waals surface area contributed by atoms with Crippen LogP contribution in [0, 0.1) is 0 Å². The first-order valence-electron chi connectivity index (χ1n) is 4.77. The first-order valence-corrected chi connectivity index (χ1v) is 4.77. The Hall–Kier alpha value is -0.900. The molecule has 2 unspecified atom stereocenters. The highest BCUT2D eigenvalue weighted by Crippen LogP contribution is 2.26. The summed E-state index contributed by atoms with van der Waals surface area (Å²) in [5, 5.41) is 4.06.